The highest BCUT2D eigenvalue weighted by molar-refractivity contribution is 5.92. The molecule has 106 valence electrons. The van der Waals surface area contributed by atoms with Crippen LogP contribution >= 0.6 is 0 Å². The quantitative estimate of drug-likeness (QED) is 0.713. The lowest BCUT2D eigenvalue weighted by atomic mass is 10.2. The van der Waals surface area contributed by atoms with Crippen molar-refractivity contribution in [2.45, 2.75) is 6.61 Å². The Balaban J connectivity index is 1.74. The first-order valence-corrected chi connectivity index (χ1v) is 6.30. The number of oxazole rings is 1. The minimum absolute atomic E-state index is 0.171. The van der Waals surface area contributed by atoms with E-state index in [1.807, 2.05) is 0 Å². The number of hydrogen-bond acceptors (Lipinski definition) is 5. The van der Waals surface area contributed by atoms with E-state index in [4.69, 9.17) is 20.6 Å². The first-order chi connectivity index (χ1) is 10.1. The van der Waals surface area contributed by atoms with Crippen molar-refractivity contribution in [2.24, 2.45) is 5.73 Å². The summed E-state index contributed by atoms with van der Waals surface area (Å²) in [5, 5.41) is 0. The maximum Gasteiger partial charge on any atom is 0.248 e. The van der Waals surface area contributed by atoms with Gasteiger partial charge in [0, 0.05) is 5.56 Å². The van der Waals surface area contributed by atoms with Crippen LogP contribution in [0.5, 0.6) is 5.75 Å². The van der Waals surface area contributed by atoms with Crippen LogP contribution in [-0.2, 0) is 6.61 Å². The van der Waals surface area contributed by atoms with Gasteiger partial charge >= 0.3 is 0 Å². The van der Waals surface area contributed by atoms with Gasteiger partial charge in [-0.25, -0.2) is 4.98 Å². The largest absolute Gasteiger partial charge is 0.484 e. The highest BCUT2D eigenvalue weighted by Gasteiger charge is 2.08. The number of primary amides is 1. The number of hydrogen-bond donors (Lipinski definition) is 2. The molecule has 0 saturated heterocycles. The van der Waals surface area contributed by atoms with Gasteiger partial charge in [-0.3, -0.25) is 4.79 Å². The molecule has 0 spiro atoms. The normalized spacial score (nSPS) is 10.7. The van der Waals surface area contributed by atoms with E-state index in [-0.39, 0.29) is 6.61 Å². The number of benzene rings is 2. The molecule has 1 aromatic heterocycles. The van der Waals surface area contributed by atoms with Crippen LogP contribution < -0.4 is 16.2 Å². The zero-order valence-electron chi connectivity index (χ0n) is 11.1. The molecule has 21 heavy (non-hydrogen) atoms. The Labute approximate surface area is 120 Å². The van der Waals surface area contributed by atoms with E-state index in [0.29, 0.717) is 34.0 Å². The van der Waals surface area contributed by atoms with Crippen LogP contribution in [-0.4, -0.2) is 10.9 Å². The van der Waals surface area contributed by atoms with Crippen LogP contribution in [0.3, 0.4) is 0 Å². The topological polar surface area (TPSA) is 104 Å². The molecule has 6 nitrogen and oxygen atoms in total. The van der Waals surface area contributed by atoms with Crippen molar-refractivity contribution < 1.29 is 13.9 Å². The van der Waals surface area contributed by atoms with Gasteiger partial charge in [0.15, 0.2) is 12.2 Å². The van der Waals surface area contributed by atoms with Gasteiger partial charge in [0.05, 0.1) is 5.69 Å². The van der Waals surface area contributed by atoms with Gasteiger partial charge in [-0.2, -0.15) is 0 Å². The Bertz CT molecular complexity index is 794. The smallest absolute Gasteiger partial charge is 0.248 e. The second-order valence-corrected chi connectivity index (χ2v) is 4.48. The molecule has 0 fully saturated rings. The number of amides is 1. The van der Waals surface area contributed by atoms with Crippen molar-refractivity contribution in [1.82, 2.24) is 4.98 Å². The lowest BCUT2D eigenvalue weighted by molar-refractivity contribution is 0.1000. The minimum atomic E-state index is -0.476. The second kappa shape index (κ2) is 5.16. The first-order valence-electron chi connectivity index (χ1n) is 6.30. The molecule has 1 amide bonds. The Morgan fingerprint density at radius 1 is 1.19 bits per heavy atom. The van der Waals surface area contributed by atoms with E-state index < -0.39 is 5.91 Å². The molecule has 0 aliphatic heterocycles. The Morgan fingerprint density at radius 3 is 2.62 bits per heavy atom. The van der Waals surface area contributed by atoms with Gasteiger partial charge in [-0.15, -0.1) is 0 Å². The molecule has 0 aliphatic carbocycles. The fourth-order valence-electron chi connectivity index (χ4n) is 1.94. The van der Waals surface area contributed by atoms with Crippen LogP contribution in [0.1, 0.15) is 16.2 Å². The van der Waals surface area contributed by atoms with Gasteiger partial charge in [-0.1, -0.05) is 6.07 Å². The summed E-state index contributed by atoms with van der Waals surface area (Å²) in [4.78, 5) is 15.2. The lowest BCUT2D eigenvalue weighted by Crippen LogP contribution is -2.10. The molecule has 3 aromatic rings. The molecule has 4 N–H and O–H groups in total. The summed E-state index contributed by atoms with van der Waals surface area (Å²) in [7, 11) is 0. The fraction of sp³-hybridized carbons (Fsp3) is 0.0667. The van der Waals surface area contributed by atoms with Crippen LogP contribution in [0.25, 0.3) is 11.1 Å². The van der Waals surface area contributed by atoms with Crippen molar-refractivity contribution in [3.8, 4) is 5.75 Å². The lowest BCUT2D eigenvalue weighted by Gasteiger charge is -2.03. The SMILES string of the molecule is NC(=O)c1ccc(OCc2nc3c(N)cccc3o2)cc1. The van der Waals surface area contributed by atoms with E-state index >= 15 is 0 Å². The molecule has 2 aromatic carbocycles. The highest BCUT2D eigenvalue weighted by atomic mass is 16.5. The van der Waals surface area contributed by atoms with Gasteiger partial charge in [0.25, 0.3) is 0 Å². The average Bonchev–Trinajstić information content (AvgIpc) is 2.90. The fourth-order valence-corrected chi connectivity index (χ4v) is 1.94. The number of para-hydroxylation sites is 1. The Morgan fingerprint density at radius 2 is 1.95 bits per heavy atom. The molecule has 0 saturated carbocycles. The van der Waals surface area contributed by atoms with E-state index in [2.05, 4.69) is 4.98 Å². The number of nitrogens with two attached hydrogens (primary N) is 2. The van der Waals surface area contributed by atoms with E-state index in [1.54, 1.807) is 42.5 Å². The monoisotopic (exact) mass is 283 g/mol. The zero-order valence-corrected chi connectivity index (χ0v) is 11.1. The maximum atomic E-state index is 11.0. The number of nitrogens with zero attached hydrogens (tertiary/aromatic N) is 1. The van der Waals surface area contributed by atoms with Crippen LogP contribution in [0, 0.1) is 0 Å². The Kier molecular flexibility index (Phi) is 3.19. The van der Waals surface area contributed by atoms with E-state index in [1.165, 1.54) is 0 Å². The van der Waals surface area contributed by atoms with Crippen molar-refractivity contribution >= 4 is 22.7 Å². The molecule has 0 unspecified atom stereocenters. The number of nitrogen functional groups attached to an aromatic ring is 1. The average molecular weight is 283 g/mol. The molecule has 0 aliphatic rings. The molecule has 0 radical (unpaired) electrons. The zero-order chi connectivity index (χ0) is 14.8. The Hall–Kier alpha value is -3.02. The number of anilines is 1. The summed E-state index contributed by atoms with van der Waals surface area (Å²) in [6.45, 7) is 0.171. The van der Waals surface area contributed by atoms with Crippen LogP contribution in [0.2, 0.25) is 0 Å². The van der Waals surface area contributed by atoms with Gasteiger partial charge < -0.3 is 20.6 Å². The second-order valence-electron chi connectivity index (χ2n) is 4.48. The van der Waals surface area contributed by atoms with E-state index in [9.17, 15) is 4.79 Å². The summed E-state index contributed by atoms with van der Waals surface area (Å²) in [6.07, 6.45) is 0. The number of aromatic nitrogens is 1. The van der Waals surface area contributed by atoms with Crippen molar-refractivity contribution in [2.75, 3.05) is 5.73 Å². The van der Waals surface area contributed by atoms with Gasteiger partial charge in [0.1, 0.15) is 11.3 Å². The molecule has 0 bridgehead atoms. The van der Waals surface area contributed by atoms with Gasteiger partial charge in [-0.05, 0) is 36.4 Å². The number of carbonyl (C=O) groups is 1. The number of rotatable bonds is 4. The number of ether oxygens (including phenoxy) is 1. The molecular formula is C15H13N3O3. The summed E-state index contributed by atoms with van der Waals surface area (Å²) < 4.78 is 11.1. The predicted molar refractivity (Wildman–Crippen MR) is 77.7 cm³/mol. The van der Waals surface area contributed by atoms with Crippen molar-refractivity contribution in [3.05, 3.63) is 53.9 Å². The maximum absolute atomic E-state index is 11.0. The van der Waals surface area contributed by atoms with Gasteiger partial charge in [0.2, 0.25) is 11.8 Å². The highest BCUT2D eigenvalue weighted by Crippen LogP contribution is 2.22. The minimum Gasteiger partial charge on any atom is -0.484 e. The summed E-state index contributed by atoms with van der Waals surface area (Å²) in [5.74, 6) is 0.549. The third-order valence-electron chi connectivity index (χ3n) is 3.00. The summed E-state index contributed by atoms with van der Waals surface area (Å²) >= 11 is 0. The van der Waals surface area contributed by atoms with Crippen molar-refractivity contribution in [1.29, 1.82) is 0 Å². The molecule has 0 atom stereocenters. The van der Waals surface area contributed by atoms with Crippen LogP contribution in [0.4, 0.5) is 5.69 Å². The first kappa shape index (κ1) is 13.0. The molecule has 6 heteroatoms. The van der Waals surface area contributed by atoms with Crippen molar-refractivity contribution in [3.63, 3.8) is 0 Å². The number of fused-ring (bicyclic) bond motifs is 1. The third kappa shape index (κ3) is 2.64. The molecule has 3 rings (SSSR count). The number of carbonyl (C=O) groups excluding carboxylic acids is 1. The molecular weight excluding hydrogens is 270 g/mol. The summed E-state index contributed by atoms with van der Waals surface area (Å²) in [6, 6.07) is 11.9. The standard InChI is InChI=1S/C15H13N3O3/c16-11-2-1-3-12-14(11)18-13(21-12)8-20-10-6-4-9(5-7-10)15(17)19/h1-7H,8,16H2,(H2,17,19). The third-order valence-corrected chi connectivity index (χ3v) is 3.00. The summed E-state index contributed by atoms with van der Waals surface area (Å²) in [5.41, 5.74) is 13.2. The molecule has 1 heterocycles. The van der Waals surface area contributed by atoms with Crippen LogP contribution in [0.15, 0.2) is 46.9 Å². The van der Waals surface area contributed by atoms with E-state index in [0.717, 1.165) is 0 Å². The predicted octanol–water partition coefficient (Wildman–Crippen LogP) is 2.09.